The molecule has 1 heterocycles. The van der Waals surface area contributed by atoms with E-state index in [2.05, 4.69) is 11.5 Å². The van der Waals surface area contributed by atoms with Gasteiger partial charge in [-0.25, -0.2) is 4.79 Å². The first-order valence-electron chi connectivity index (χ1n) is 5.81. The number of rotatable bonds is 4. The summed E-state index contributed by atoms with van der Waals surface area (Å²) in [5.74, 6) is -0.248. The van der Waals surface area contributed by atoms with Crippen molar-refractivity contribution in [1.82, 2.24) is 4.90 Å². The molecule has 1 aliphatic rings. The zero-order valence-corrected chi connectivity index (χ0v) is 9.63. The molecule has 0 aromatic heterocycles. The molecule has 86 valence electrons. The van der Waals surface area contributed by atoms with Crippen LogP contribution in [0.2, 0.25) is 0 Å². The highest BCUT2D eigenvalue weighted by Gasteiger charge is 2.14. The fourth-order valence-corrected chi connectivity index (χ4v) is 1.86. The van der Waals surface area contributed by atoms with Crippen LogP contribution in [0.5, 0.6) is 0 Å². The Morgan fingerprint density at radius 1 is 1.27 bits per heavy atom. The predicted octanol–water partition coefficient (Wildman–Crippen LogP) is 1.98. The molecule has 1 aliphatic heterocycles. The second kappa shape index (κ2) is 6.62. The molecule has 0 bridgehead atoms. The van der Waals surface area contributed by atoms with E-state index < -0.39 is 0 Å². The molecule has 0 aromatic carbocycles. The van der Waals surface area contributed by atoms with Crippen LogP contribution in [0, 0.1) is 0 Å². The van der Waals surface area contributed by atoms with Gasteiger partial charge in [-0.2, -0.15) is 0 Å². The van der Waals surface area contributed by atoms with E-state index in [-0.39, 0.29) is 5.97 Å². The number of ether oxygens (including phenoxy) is 1. The Kier molecular flexibility index (Phi) is 5.40. The van der Waals surface area contributed by atoms with Crippen molar-refractivity contribution in [2.75, 3.05) is 26.2 Å². The zero-order valence-electron chi connectivity index (χ0n) is 9.63. The summed E-state index contributed by atoms with van der Waals surface area (Å²) in [6, 6.07) is 0. The molecule has 0 radical (unpaired) electrons. The summed E-state index contributed by atoms with van der Waals surface area (Å²) in [6.45, 7) is 8.86. The Balaban J connectivity index is 2.32. The quantitative estimate of drug-likeness (QED) is 0.526. The van der Waals surface area contributed by atoms with E-state index in [9.17, 15) is 4.79 Å². The lowest BCUT2D eigenvalue weighted by molar-refractivity contribution is -0.138. The van der Waals surface area contributed by atoms with Gasteiger partial charge in [0.25, 0.3) is 0 Å². The monoisotopic (exact) mass is 211 g/mol. The highest BCUT2D eigenvalue weighted by Crippen LogP contribution is 2.11. The number of carbonyl (C=O) groups excluding carboxylic acids is 1. The Bertz CT molecular complexity index is 218. The molecule has 0 atom stereocenters. The lowest BCUT2D eigenvalue weighted by atomic mass is 10.2. The van der Waals surface area contributed by atoms with E-state index in [4.69, 9.17) is 4.74 Å². The van der Waals surface area contributed by atoms with Gasteiger partial charge in [-0.1, -0.05) is 19.4 Å². The van der Waals surface area contributed by atoms with Gasteiger partial charge in [0.2, 0.25) is 0 Å². The third-order valence-corrected chi connectivity index (χ3v) is 2.68. The molecule has 0 amide bonds. The smallest absolute Gasteiger partial charge is 0.334 e. The predicted molar refractivity (Wildman–Crippen MR) is 60.7 cm³/mol. The van der Waals surface area contributed by atoms with Crippen LogP contribution >= 0.6 is 0 Å². The average Bonchev–Trinajstić information content (AvgIpc) is 2.46. The van der Waals surface area contributed by atoms with Crippen LogP contribution in [0.15, 0.2) is 12.2 Å². The summed E-state index contributed by atoms with van der Waals surface area (Å²) in [6.07, 6.45) is 5.08. The first-order chi connectivity index (χ1) is 7.24. The van der Waals surface area contributed by atoms with Gasteiger partial charge in [0.15, 0.2) is 0 Å². The standard InChI is InChI=1S/C12H21NO2/c1-3-15-12(14)11(2)10-13-8-6-4-5-7-9-13/h2-10H2,1H3. The number of nitrogens with zero attached hydrogens (tertiary/aromatic N) is 1. The van der Waals surface area contributed by atoms with E-state index in [0.717, 1.165) is 13.1 Å². The van der Waals surface area contributed by atoms with E-state index >= 15 is 0 Å². The molecule has 0 spiro atoms. The van der Waals surface area contributed by atoms with Gasteiger partial charge >= 0.3 is 5.97 Å². The van der Waals surface area contributed by atoms with Crippen molar-refractivity contribution < 1.29 is 9.53 Å². The summed E-state index contributed by atoms with van der Waals surface area (Å²) in [5.41, 5.74) is 0.582. The van der Waals surface area contributed by atoms with Crippen LogP contribution < -0.4 is 0 Å². The highest BCUT2D eigenvalue weighted by molar-refractivity contribution is 5.88. The molecule has 0 unspecified atom stereocenters. The number of hydrogen-bond donors (Lipinski definition) is 0. The van der Waals surface area contributed by atoms with Gasteiger partial charge in [-0.15, -0.1) is 0 Å². The van der Waals surface area contributed by atoms with Crippen molar-refractivity contribution in [1.29, 1.82) is 0 Å². The second-order valence-electron chi connectivity index (χ2n) is 4.01. The SMILES string of the molecule is C=C(CN1CCCCCC1)C(=O)OCC. The van der Waals surface area contributed by atoms with Crippen LogP contribution in [0.3, 0.4) is 0 Å². The largest absolute Gasteiger partial charge is 0.463 e. The summed E-state index contributed by atoms with van der Waals surface area (Å²) in [7, 11) is 0. The molecular formula is C12H21NO2. The molecule has 0 aliphatic carbocycles. The fourth-order valence-electron chi connectivity index (χ4n) is 1.86. The van der Waals surface area contributed by atoms with E-state index in [1.807, 2.05) is 6.92 Å². The van der Waals surface area contributed by atoms with Crippen LogP contribution in [0.4, 0.5) is 0 Å². The van der Waals surface area contributed by atoms with Crippen molar-refractivity contribution in [3.8, 4) is 0 Å². The Morgan fingerprint density at radius 3 is 2.40 bits per heavy atom. The second-order valence-corrected chi connectivity index (χ2v) is 4.01. The molecule has 3 nitrogen and oxygen atoms in total. The normalized spacial score (nSPS) is 18.2. The number of carbonyl (C=O) groups is 1. The summed E-state index contributed by atoms with van der Waals surface area (Å²) < 4.78 is 4.91. The van der Waals surface area contributed by atoms with Crippen molar-refractivity contribution in [3.05, 3.63) is 12.2 Å². The van der Waals surface area contributed by atoms with Gasteiger partial charge in [0.05, 0.1) is 6.61 Å². The van der Waals surface area contributed by atoms with E-state index in [1.54, 1.807) is 0 Å². The van der Waals surface area contributed by atoms with Crippen LogP contribution in [0.1, 0.15) is 32.6 Å². The van der Waals surface area contributed by atoms with Crippen molar-refractivity contribution >= 4 is 5.97 Å². The minimum atomic E-state index is -0.248. The molecule has 0 saturated carbocycles. The highest BCUT2D eigenvalue weighted by atomic mass is 16.5. The van der Waals surface area contributed by atoms with Crippen LogP contribution in [-0.4, -0.2) is 37.1 Å². The van der Waals surface area contributed by atoms with Gasteiger partial charge in [-0.05, 0) is 32.9 Å². The van der Waals surface area contributed by atoms with Gasteiger partial charge in [0, 0.05) is 12.1 Å². The molecule has 0 N–H and O–H groups in total. The first-order valence-corrected chi connectivity index (χ1v) is 5.81. The zero-order chi connectivity index (χ0) is 11.1. The lowest BCUT2D eigenvalue weighted by Crippen LogP contribution is -2.29. The van der Waals surface area contributed by atoms with Crippen molar-refractivity contribution in [2.24, 2.45) is 0 Å². The Morgan fingerprint density at radius 2 is 1.87 bits per heavy atom. The maximum Gasteiger partial charge on any atom is 0.334 e. The molecule has 0 aromatic rings. The lowest BCUT2D eigenvalue weighted by Gasteiger charge is -2.19. The molecule has 15 heavy (non-hydrogen) atoms. The molecule has 1 fully saturated rings. The molecule has 3 heteroatoms. The van der Waals surface area contributed by atoms with Crippen LogP contribution in [0.25, 0.3) is 0 Å². The molecular weight excluding hydrogens is 190 g/mol. The first kappa shape index (κ1) is 12.2. The summed E-state index contributed by atoms with van der Waals surface area (Å²) >= 11 is 0. The van der Waals surface area contributed by atoms with Gasteiger partial charge < -0.3 is 4.74 Å². The third-order valence-electron chi connectivity index (χ3n) is 2.68. The van der Waals surface area contributed by atoms with Gasteiger partial charge in [-0.3, -0.25) is 4.90 Å². The Labute approximate surface area is 92.1 Å². The number of likely N-dealkylation sites (tertiary alicyclic amines) is 1. The fraction of sp³-hybridized carbons (Fsp3) is 0.750. The summed E-state index contributed by atoms with van der Waals surface area (Å²) in [4.78, 5) is 13.7. The Hall–Kier alpha value is -0.830. The maximum absolute atomic E-state index is 11.4. The van der Waals surface area contributed by atoms with E-state index in [1.165, 1.54) is 25.7 Å². The van der Waals surface area contributed by atoms with Crippen molar-refractivity contribution in [2.45, 2.75) is 32.6 Å². The number of hydrogen-bond acceptors (Lipinski definition) is 3. The van der Waals surface area contributed by atoms with Crippen LogP contribution in [-0.2, 0) is 9.53 Å². The number of esters is 1. The minimum Gasteiger partial charge on any atom is -0.463 e. The van der Waals surface area contributed by atoms with Crippen molar-refractivity contribution in [3.63, 3.8) is 0 Å². The summed E-state index contributed by atoms with van der Waals surface area (Å²) in [5, 5.41) is 0. The van der Waals surface area contributed by atoms with E-state index in [0.29, 0.717) is 18.7 Å². The van der Waals surface area contributed by atoms with Gasteiger partial charge in [0.1, 0.15) is 0 Å². The average molecular weight is 211 g/mol. The topological polar surface area (TPSA) is 29.5 Å². The maximum atomic E-state index is 11.4. The molecule has 1 rings (SSSR count). The molecule has 1 saturated heterocycles. The third kappa shape index (κ3) is 4.47. The minimum absolute atomic E-state index is 0.248.